The Morgan fingerprint density at radius 3 is 2.45 bits per heavy atom. The van der Waals surface area contributed by atoms with Crippen LogP contribution >= 0.6 is 0 Å². The van der Waals surface area contributed by atoms with E-state index in [-0.39, 0.29) is 0 Å². The summed E-state index contributed by atoms with van der Waals surface area (Å²) in [5.74, 6) is 0. The molecule has 2 aromatic rings. The van der Waals surface area contributed by atoms with Crippen LogP contribution in [0.25, 0.3) is 16.8 Å². The maximum Gasteiger partial charge on any atom is 0.0421 e. The van der Waals surface area contributed by atoms with Gasteiger partial charge in [-0.15, -0.1) is 0 Å². The van der Waals surface area contributed by atoms with E-state index in [0.717, 1.165) is 6.54 Å². The number of hydrogen-bond acceptors (Lipinski definition) is 1. The molecule has 0 atom stereocenters. The van der Waals surface area contributed by atoms with Gasteiger partial charge in [0.25, 0.3) is 0 Å². The Morgan fingerprint density at radius 1 is 0.900 bits per heavy atom. The van der Waals surface area contributed by atoms with Crippen LogP contribution in [0.3, 0.4) is 0 Å². The van der Waals surface area contributed by atoms with Gasteiger partial charge in [-0.3, -0.25) is 0 Å². The van der Waals surface area contributed by atoms with E-state index in [0.29, 0.717) is 0 Å². The molecule has 0 unspecified atom stereocenters. The van der Waals surface area contributed by atoms with E-state index < -0.39 is 0 Å². The van der Waals surface area contributed by atoms with Crippen molar-refractivity contribution in [3.63, 3.8) is 0 Å². The molecule has 0 saturated carbocycles. The van der Waals surface area contributed by atoms with E-state index in [1.54, 1.807) is 0 Å². The molecule has 0 spiro atoms. The average molecular weight is 261 g/mol. The largest absolute Gasteiger partial charge is 0.381 e. The van der Waals surface area contributed by atoms with E-state index in [9.17, 15) is 0 Å². The highest BCUT2D eigenvalue weighted by Gasteiger charge is 2.09. The molecule has 0 fully saturated rings. The van der Waals surface area contributed by atoms with Gasteiger partial charge in [0, 0.05) is 17.8 Å². The van der Waals surface area contributed by atoms with Crippen LogP contribution < -0.4 is 5.32 Å². The third-order valence-electron chi connectivity index (χ3n) is 3.72. The molecule has 2 aromatic carbocycles. The second-order valence-electron chi connectivity index (χ2n) is 5.28. The molecule has 0 aromatic heterocycles. The van der Waals surface area contributed by atoms with E-state index in [1.165, 1.54) is 33.5 Å². The van der Waals surface area contributed by atoms with Gasteiger partial charge in [0.05, 0.1) is 0 Å². The first-order chi connectivity index (χ1) is 9.74. The molecule has 1 heterocycles. The van der Waals surface area contributed by atoms with Gasteiger partial charge in [-0.1, -0.05) is 54.1 Å². The maximum atomic E-state index is 3.47. The number of aryl methyl sites for hydroxylation is 1. The molecular formula is C19H19N. The highest BCUT2D eigenvalue weighted by Crippen LogP contribution is 2.27. The van der Waals surface area contributed by atoms with Crippen molar-refractivity contribution in [1.29, 1.82) is 0 Å². The zero-order chi connectivity index (χ0) is 13.9. The lowest BCUT2D eigenvalue weighted by atomic mass is 9.96. The zero-order valence-electron chi connectivity index (χ0n) is 12.0. The lowest BCUT2D eigenvalue weighted by molar-refractivity contribution is 0.979. The van der Waals surface area contributed by atoms with Gasteiger partial charge in [0.2, 0.25) is 0 Å². The predicted molar refractivity (Wildman–Crippen MR) is 86.4 cm³/mol. The van der Waals surface area contributed by atoms with Gasteiger partial charge in [0.15, 0.2) is 0 Å². The summed E-state index contributed by atoms with van der Waals surface area (Å²) in [5, 5.41) is 3.47. The summed E-state index contributed by atoms with van der Waals surface area (Å²) in [5.41, 5.74) is 7.67. The molecule has 20 heavy (non-hydrogen) atoms. The van der Waals surface area contributed by atoms with Crippen LogP contribution in [0.5, 0.6) is 0 Å². The Bertz CT molecular complexity index is 678. The number of allylic oxidation sites excluding steroid dienone is 2. The number of dihydropyridines is 1. The standard InChI is InChI=1S/C19H19N/c1-14-10-11-20-19(12-14)18-13-17(9-8-15(18)2)16-6-4-3-5-7-16/h3-10,12-13,20H,11H2,1-2H3. The fourth-order valence-corrected chi connectivity index (χ4v) is 2.55. The Hall–Kier alpha value is -2.28. The summed E-state index contributed by atoms with van der Waals surface area (Å²) in [6.07, 6.45) is 4.43. The fourth-order valence-electron chi connectivity index (χ4n) is 2.55. The molecule has 1 aliphatic heterocycles. The lowest BCUT2D eigenvalue weighted by Crippen LogP contribution is -2.16. The highest BCUT2D eigenvalue weighted by molar-refractivity contribution is 5.75. The van der Waals surface area contributed by atoms with Crippen LogP contribution in [-0.2, 0) is 0 Å². The summed E-state index contributed by atoms with van der Waals surface area (Å²) in [7, 11) is 0. The number of nitrogens with one attached hydrogen (secondary N) is 1. The van der Waals surface area contributed by atoms with Crippen molar-refractivity contribution >= 4 is 5.70 Å². The molecule has 3 rings (SSSR count). The van der Waals surface area contributed by atoms with Crippen LogP contribution in [0, 0.1) is 6.92 Å². The lowest BCUT2D eigenvalue weighted by Gasteiger charge is -2.17. The molecule has 0 aliphatic carbocycles. The molecule has 0 radical (unpaired) electrons. The minimum absolute atomic E-state index is 0.909. The quantitative estimate of drug-likeness (QED) is 0.836. The molecule has 1 N–H and O–H groups in total. The number of hydrogen-bond donors (Lipinski definition) is 1. The maximum absolute atomic E-state index is 3.47. The van der Waals surface area contributed by atoms with Crippen LogP contribution in [0.4, 0.5) is 0 Å². The van der Waals surface area contributed by atoms with Crippen LogP contribution in [0.15, 0.2) is 66.3 Å². The Morgan fingerprint density at radius 2 is 1.70 bits per heavy atom. The third kappa shape index (κ3) is 2.53. The Kier molecular flexibility index (Phi) is 3.42. The summed E-state index contributed by atoms with van der Waals surface area (Å²) in [6.45, 7) is 5.23. The van der Waals surface area contributed by atoms with Crippen molar-refractivity contribution in [2.45, 2.75) is 13.8 Å². The number of rotatable bonds is 2. The van der Waals surface area contributed by atoms with Crippen molar-refractivity contribution < 1.29 is 0 Å². The fraction of sp³-hybridized carbons (Fsp3) is 0.158. The third-order valence-corrected chi connectivity index (χ3v) is 3.72. The van der Waals surface area contributed by atoms with Gasteiger partial charge in [0.1, 0.15) is 0 Å². The van der Waals surface area contributed by atoms with Gasteiger partial charge in [-0.2, -0.15) is 0 Å². The van der Waals surface area contributed by atoms with Gasteiger partial charge >= 0.3 is 0 Å². The predicted octanol–water partition coefficient (Wildman–Crippen LogP) is 4.55. The minimum Gasteiger partial charge on any atom is -0.381 e. The van der Waals surface area contributed by atoms with Crippen LogP contribution in [-0.4, -0.2) is 6.54 Å². The molecule has 1 nitrogen and oxygen atoms in total. The van der Waals surface area contributed by atoms with Crippen LogP contribution in [0.1, 0.15) is 18.1 Å². The summed E-state index contributed by atoms with van der Waals surface area (Å²) in [6, 6.07) is 17.2. The summed E-state index contributed by atoms with van der Waals surface area (Å²) in [4.78, 5) is 0. The number of benzene rings is 2. The first kappa shape index (κ1) is 12.7. The van der Waals surface area contributed by atoms with E-state index >= 15 is 0 Å². The van der Waals surface area contributed by atoms with Gasteiger partial charge in [-0.25, -0.2) is 0 Å². The molecular weight excluding hydrogens is 242 g/mol. The Balaban J connectivity index is 2.06. The summed E-state index contributed by atoms with van der Waals surface area (Å²) >= 11 is 0. The minimum atomic E-state index is 0.909. The normalized spacial score (nSPS) is 14.3. The second-order valence-corrected chi connectivity index (χ2v) is 5.28. The first-order valence-corrected chi connectivity index (χ1v) is 7.03. The van der Waals surface area contributed by atoms with Crippen molar-refractivity contribution in [2.75, 3.05) is 6.54 Å². The zero-order valence-corrected chi connectivity index (χ0v) is 12.0. The average Bonchev–Trinajstić information content (AvgIpc) is 2.48. The molecule has 1 aliphatic rings. The monoisotopic (exact) mass is 261 g/mol. The molecule has 0 saturated heterocycles. The van der Waals surface area contributed by atoms with E-state index in [4.69, 9.17) is 0 Å². The molecule has 100 valence electrons. The van der Waals surface area contributed by atoms with Crippen molar-refractivity contribution in [3.05, 3.63) is 77.4 Å². The SMILES string of the molecule is CC1=CCNC(c2cc(-c3ccccc3)ccc2C)=C1. The van der Waals surface area contributed by atoms with Crippen molar-refractivity contribution in [3.8, 4) is 11.1 Å². The second kappa shape index (κ2) is 5.38. The molecule has 0 bridgehead atoms. The summed E-state index contributed by atoms with van der Waals surface area (Å²) < 4.78 is 0. The molecule has 1 heteroatoms. The van der Waals surface area contributed by atoms with E-state index in [1.807, 2.05) is 0 Å². The van der Waals surface area contributed by atoms with Gasteiger partial charge in [-0.05, 0) is 42.7 Å². The van der Waals surface area contributed by atoms with Gasteiger partial charge < -0.3 is 5.32 Å². The molecule has 0 amide bonds. The van der Waals surface area contributed by atoms with E-state index in [2.05, 4.69) is 79.8 Å². The van der Waals surface area contributed by atoms with Crippen molar-refractivity contribution in [2.24, 2.45) is 0 Å². The highest BCUT2D eigenvalue weighted by atomic mass is 14.9. The smallest absolute Gasteiger partial charge is 0.0421 e. The first-order valence-electron chi connectivity index (χ1n) is 7.03. The van der Waals surface area contributed by atoms with Crippen molar-refractivity contribution in [1.82, 2.24) is 5.32 Å². The topological polar surface area (TPSA) is 12.0 Å². The van der Waals surface area contributed by atoms with Crippen LogP contribution in [0.2, 0.25) is 0 Å². The Labute approximate surface area is 120 Å².